The van der Waals surface area contributed by atoms with Crippen molar-refractivity contribution in [1.82, 2.24) is 15.2 Å². The van der Waals surface area contributed by atoms with Crippen LogP contribution in [0.1, 0.15) is 12.1 Å². The van der Waals surface area contributed by atoms with E-state index in [1.807, 2.05) is 0 Å². The summed E-state index contributed by atoms with van der Waals surface area (Å²) in [6.45, 7) is -0.229. The molecule has 3 heterocycles. The summed E-state index contributed by atoms with van der Waals surface area (Å²) in [4.78, 5) is 30.5. The summed E-state index contributed by atoms with van der Waals surface area (Å²) in [5.74, 6) is -2.71. The third-order valence-corrected chi connectivity index (χ3v) is 8.98. The van der Waals surface area contributed by atoms with Crippen molar-refractivity contribution in [2.24, 2.45) is 0 Å². The molecular weight excluding hydrogens is 529 g/mol. The van der Waals surface area contributed by atoms with Crippen molar-refractivity contribution < 1.29 is 27.5 Å². The molecule has 0 aliphatic carbocycles. The number of amides is 1. The number of sulfone groups is 1. The minimum Gasteiger partial charge on any atom is -0.480 e. The van der Waals surface area contributed by atoms with Crippen LogP contribution in [0, 0.1) is 5.82 Å². The smallest absolute Gasteiger partial charge is 0.326 e. The van der Waals surface area contributed by atoms with E-state index in [4.69, 9.17) is 11.6 Å². The van der Waals surface area contributed by atoms with Gasteiger partial charge in [0, 0.05) is 30.3 Å². The van der Waals surface area contributed by atoms with Gasteiger partial charge in [-0.25, -0.2) is 17.6 Å². The maximum Gasteiger partial charge on any atom is 0.326 e. The molecule has 0 spiro atoms. The van der Waals surface area contributed by atoms with Gasteiger partial charge in [0.2, 0.25) is 5.91 Å². The number of carbonyl (C=O) groups excluding carboxylic acids is 1. The van der Waals surface area contributed by atoms with Gasteiger partial charge >= 0.3 is 5.97 Å². The number of nitrogens with zero attached hydrogens (tertiary/aromatic N) is 2. The molecule has 0 bridgehead atoms. The van der Waals surface area contributed by atoms with Crippen molar-refractivity contribution in [2.75, 3.05) is 19.6 Å². The summed E-state index contributed by atoms with van der Waals surface area (Å²) < 4.78 is 41.4. The molecule has 1 aromatic heterocycles. The van der Waals surface area contributed by atoms with E-state index in [2.05, 4.69) is 26.2 Å². The zero-order valence-corrected chi connectivity index (χ0v) is 19.6. The van der Waals surface area contributed by atoms with E-state index < -0.39 is 44.2 Å². The number of carbonyl (C=O) groups is 2. The number of carboxylic acids is 1. The summed E-state index contributed by atoms with van der Waals surface area (Å²) in [6.07, 6.45) is 1.06. The Bertz CT molecular complexity index is 1210. The molecule has 0 unspecified atom stereocenters. The Balaban J connectivity index is 1.70. The van der Waals surface area contributed by atoms with Crippen LogP contribution in [0.25, 0.3) is 0 Å². The number of halogens is 3. The first-order valence-electron chi connectivity index (χ1n) is 9.62. The van der Waals surface area contributed by atoms with Gasteiger partial charge in [0.05, 0.1) is 20.9 Å². The Morgan fingerprint density at radius 1 is 1.31 bits per heavy atom. The number of likely N-dealkylation sites (tertiary alicyclic amines) is 1. The topological polar surface area (TPSA) is 117 Å². The van der Waals surface area contributed by atoms with Crippen LogP contribution in [-0.4, -0.2) is 66.2 Å². The van der Waals surface area contributed by atoms with E-state index in [9.17, 15) is 27.5 Å². The van der Waals surface area contributed by atoms with Gasteiger partial charge in [-0.2, -0.15) is 0 Å². The Kier molecular flexibility index (Phi) is 6.03. The van der Waals surface area contributed by atoms with E-state index in [0.717, 1.165) is 4.90 Å². The number of carboxylic acid groups (broad SMARTS) is 1. The number of hydrogen-bond acceptors (Lipinski definition) is 6. The van der Waals surface area contributed by atoms with Crippen LogP contribution in [0.2, 0.25) is 5.02 Å². The summed E-state index contributed by atoms with van der Waals surface area (Å²) in [6, 6.07) is 5.68. The lowest BCUT2D eigenvalue weighted by atomic mass is 9.76. The van der Waals surface area contributed by atoms with E-state index >= 15 is 0 Å². The Morgan fingerprint density at radius 3 is 2.56 bits per heavy atom. The first-order valence-corrected chi connectivity index (χ1v) is 12.3. The van der Waals surface area contributed by atoms with Gasteiger partial charge < -0.3 is 15.3 Å². The maximum atomic E-state index is 14.7. The molecule has 2 aromatic rings. The molecule has 4 rings (SSSR count). The molecule has 170 valence electrons. The van der Waals surface area contributed by atoms with Crippen LogP contribution in [-0.2, 0) is 24.8 Å². The molecule has 32 heavy (non-hydrogen) atoms. The number of aromatic nitrogens is 1. The molecule has 2 aliphatic heterocycles. The first kappa shape index (κ1) is 23.1. The number of pyridine rings is 1. The Morgan fingerprint density at radius 2 is 2.00 bits per heavy atom. The highest BCUT2D eigenvalue weighted by atomic mass is 79.9. The SMILES string of the molecule is O=C(O)[C@@H]1C[C@@H](S(=O)(=O)c2ccccc2Cl)CN1C(=O)C1(c2ncc(Br)cc2F)CNC1. The van der Waals surface area contributed by atoms with Gasteiger partial charge in [-0.15, -0.1) is 0 Å². The molecule has 1 aromatic carbocycles. The average Bonchev–Trinajstić information content (AvgIpc) is 3.15. The van der Waals surface area contributed by atoms with Gasteiger partial charge in [-0.3, -0.25) is 9.78 Å². The molecule has 1 amide bonds. The van der Waals surface area contributed by atoms with E-state index in [1.165, 1.54) is 30.5 Å². The fourth-order valence-electron chi connectivity index (χ4n) is 4.17. The lowest BCUT2D eigenvalue weighted by Gasteiger charge is -2.43. The molecule has 2 saturated heterocycles. The van der Waals surface area contributed by atoms with Crippen molar-refractivity contribution in [3.05, 3.63) is 57.5 Å². The second-order valence-corrected chi connectivity index (χ2v) is 11.3. The zero-order valence-electron chi connectivity index (χ0n) is 16.5. The minimum absolute atomic E-state index is 0.0185. The highest BCUT2D eigenvalue weighted by Gasteiger charge is 2.55. The van der Waals surface area contributed by atoms with Gasteiger partial charge in [0.25, 0.3) is 0 Å². The van der Waals surface area contributed by atoms with Gasteiger partial charge in [0.1, 0.15) is 17.3 Å². The molecule has 8 nitrogen and oxygen atoms in total. The van der Waals surface area contributed by atoms with Gasteiger partial charge in [0.15, 0.2) is 9.84 Å². The van der Waals surface area contributed by atoms with Crippen molar-refractivity contribution in [3.63, 3.8) is 0 Å². The van der Waals surface area contributed by atoms with Crippen LogP contribution < -0.4 is 5.32 Å². The highest BCUT2D eigenvalue weighted by Crippen LogP contribution is 2.37. The number of aliphatic carboxylic acids is 1. The molecule has 0 radical (unpaired) electrons. The Labute approximate surface area is 196 Å². The van der Waals surface area contributed by atoms with Crippen LogP contribution in [0.3, 0.4) is 0 Å². The lowest BCUT2D eigenvalue weighted by molar-refractivity contribution is -0.152. The highest BCUT2D eigenvalue weighted by molar-refractivity contribution is 9.10. The molecule has 2 fully saturated rings. The molecule has 2 N–H and O–H groups in total. The van der Waals surface area contributed by atoms with Gasteiger partial charge in [-0.05, 0) is 40.5 Å². The van der Waals surface area contributed by atoms with Crippen LogP contribution in [0.4, 0.5) is 4.39 Å². The predicted molar refractivity (Wildman–Crippen MR) is 117 cm³/mol. The zero-order chi connectivity index (χ0) is 23.3. The number of nitrogens with one attached hydrogen (secondary N) is 1. The Hall–Kier alpha value is -2.08. The third kappa shape index (κ3) is 3.70. The van der Waals surface area contributed by atoms with Crippen LogP contribution in [0.15, 0.2) is 45.9 Å². The number of hydrogen-bond donors (Lipinski definition) is 2. The van der Waals surface area contributed by atoms with E-state index in [-0.39, 0.29) is 41.7 Å². The monoisotopic (exact) mass is 545 g/mol. The van der Waals surface area contributed by atoms with Crippen molar-refractivity contribution in [3.8, 4) is 0 Å². The fraction of sp³-hybridized carbons (Fsp3) is 0.350. The standard InChI is InChI=1S/C20H18BrClFN3O5S/c21-11-5-14(23)17(25-7-11)20(9-24-10-20)19(29)26-8-12(6-15(26)18(27)28)32(30,31)16-4-2-1-3-13(16)22/h1-5,7,12,15,24H,6,8-10H2,(H,27,28)/t12-,15+/m1/s1. The fourth-order valence-corrected chi connectivity index (χ4v) is 6.69. The largest absolute Gasteiger partial charge is 0.480 e. The van der Waals surface area contributed by atoms with Crippen molar-refractivity contribution >= 4 is 49.2 Å². The second kappa shape index (κ2) is 8.36. The minimum atomic E-state index is -4.02. The lowest BCUT2D eigenvalue weighted by Crippen LogP contribution is -2.66. The van der Waals surface area contributed by atoms with Crippen LogP contribution in [0.5, 0.6) is 0 Å². The normalized spacial score (nSPS) is 22.4. The van der Waals surface area contributed by atoms with E-state index in [1.54, 1.807) is 6.07 Å². The summed E-state index contributed by atoms with van der Waals surface area (Å²) in [5.41, 5.74) is -1.52. The van der Waals surface area contributed by atoms with Crippen molar-refractivity contribution in [1.29, 1.82) is 0 Å². The van der Waals surface area contributed by atoms with E-state index in [0.29, 0.717) is 4.47 Å². The third-order valence-electron chi connectivity index (χ3n) is 5.91. The number of rotatable bonds is 5. The molecule has 2 aliphatic rings. The summed E-state index contributed by atoms with van der Waals surface area (Å²) in [5, 5.41) is 11.5. The molecule has 0 saturated carbocycles. The summed E-state index contributed by atoms with van der Waals surface area (Å²) in [7, 11) is -4.02. The van der Waals surface area contributed by atoms with Crippen molar-refractivity contribution in [2.45, 2.75) is 28.0 Å². The average molecular weight is 547 g/mol. The van der Waals surface area contributed by atoms with Crippen LogP contribution >= 0.6 is 27.5 Å². The first-order chi connectivity index (χ1) is 15.1. The summed E-state index contributed by atoms with van der Waals surface area (Å²) >= 11 is 9.19. The molecule has 2 atom stereocenters. The molecular formula is C20H18BrClFN3O5S. The molecule has 12 heteroatoms. The van der Waals surface area contributed by atoms with Gasteiger partial charge in [-0.1, -0.05) is 23.7 Å². The quantitative estimate of drug-likeness (QED) is 0.589. The second-order valence-electron chi connectivity index (χ2n) is 7.81. The number of benzene rings is 1. The maximum absolute atomic E-state index is 14.7. The predicted octanol–water partition coefficient (Wildman–Crippen LogP) is 2.01.